The van der Waals surface area contributed by atoms with E-state index in [9.17, 15) is 36.3 Å². The molecule has 1 heterocycles. The zero-order chi connectivity index (χ0) is 32.7. The van der Waals surface area contributed by atoms with E-state index in [1.165, 1.54) is 28.8 Å². The molecule has 13 heteroatoms. The lowest BCUT2D eigenvalue weighted by Crippen LogP contribution is -2.30. The molecule has 0 bridgehead atoms. The van der Waals surface area contributed by atoms with Crippen molar-refractivity contribution in [2.45, 2.75) is 47.9 Å². The summed E-state index contributed by atoms with van der Waals surface area (Å²) in [6, 6.07) is 8.99. The summed E-state index contributed by atoms with van der Waals surface area (Å²) in [7, 11) is 1.74. The molecule has 0 saturated heterocycles. The van der Waals surface area contributed by atoms with Crippen LogP contribution < -0.4 is 15.2 Å². The molecule has 232 valence electrons. The van der Waals surface area contributed by atoms with Crippen LogP contribution in [-0.2, 0) is 22.8 Å². The fourth-order valence-corrected chi connectivity index (χ4v) is 4.22. The first-order valence-corrected chi connectivity index (χ1v) is 13.2. The number of carbonyl (C=O) groups is 2. The summed E-state index contributed by atoms with van der Waals surface area (Å²) in [5.74, 6) is -14.5. The number of fused-ring (bicyclic) bond motifs is 1. The molecule has 44 heavy (non-hydrogen) atoms. The van der Waals surface area contributed by atoms with Crippen molar-refractivity contribution in [1.29, 1.82) is 0 Å². The molecule has 0 amide bonds. The summed E-state index contributed by atoms with van der Waals surface area (Å²) in [6.07, 6.45) is 0. The minimum Gasteiger partial charge on any atom is -0.443 e. The summed E-state index contributed by atoms with van der Waals surface area (Å²) in [5, 5.41) is 0.322. The van der Waals surface area contributed by atoms with Crippen molar-refractivity contribution in [3.05, 3.63) is 98.4 Å². The van der Waals surface area contributed by atoms with Crippen LogP contribution in [0.3, 0.4) is 0 Å². The Kier molecular flexibility index (Phi) is 8.80. The molecular weight excluding hydrogens is 589 g/mol. The number of halogens is 5. The van der Waals surface area contributed by atoms with Crippen molar-refractivity contribution in [3.8, 4) is 5.75 Å². The minimum atomic E-state index is -2.37. The SMILES string of the molecule is Cc1cc2nc(C)n(COC(=O)C(C)(C)C)c(=O)c2cc1CN(C)c1ccc(C(=O)Oc2c(F)c(F)c(F)c(F)c2F)cc1. The van der Waals surface area contributed by atoms with E-state index in [0.717, 1.165) is 11.1 Å². The van der Waals surface area contributed by atoms with Crippen molar-refractivity contribution < 1.29 is 41.0 Å². The largest absolute Gasteiger partial charge is 0.443 e. The van der Waals surface area contributed by atoms with Crippen molar-refractivity contribution in [1.82, 2.24) is 9.55 Å². The molecule has 4 aromatic rings. The maximum Gasteiger partial charge on any atom is 0.343 e. The van der Waals surface area contributed by atoms with Gasteiger partial charge in [0, 0.05) is 19.3 Å². The summed E-state index contributed by atoms with van der Waals surface area (Å²) in [5.41, 5.74) is 1.35. The number of hydrogen-bond donors (Lipinski definition) is 0. The van der Waals surface area contributed by atoms with Crippen molar-refractivity contribution >= 4 is 28.5 Å². The van der Waals surface area contributed by atoms with Crippen LogP contribution in [0.25, 0.3) is 10.9 Å². The second-order valence-corrected chi connectivity index (χ2v) is 11.2. The average Bonchev–Trinajstić information content (AvgIpc) is 2.97. The van der Waals surface area contributed by atoms with Gasteiger partial charge in [-0.05, 0) is 82.1 Å². The number of nitrogens with zero attached hydrogens (tertiary/aromatic N) is 3. The number of aryl methyl sites for hydroxylation is 2. The van der Waals surface area contributed by atoms with E-state index in [4.69, 9.17) is 4.74 Å². The maximum atomic E-state index is 13.9. The predicted octanol–water partition coefficient (Wildman–Crippen LogP) is 6.11. The van der Waals surface area contributed by atoms with E-state index in [1.807, 2.05) is 6.92 Å². The fraction of sp³-hybridized carbons (Fsp3) is 0.290. The van der Waals surface area contributed by atoms with Gasteiger partial charge in [0.05, 0.1) is 21.9 Å². The summed E-state index contributed by atoms with van der Waals surface area (Å²) in [6.45, 7) is 8.63. The number of carbonyl (C=O) groups excluding carboxylic acids is 2. The lowest BCUT2D eigenvalue weighted by Gasteiger charge is -2.21. The number of ether oxygens (including phenoxy) is 2. The Balaban J connectivity index is 1.54. The third-order valence-corrected chi connectivity index (χ3v) is 6.86. The van der Waals surface area contributed by atoms with Crippen LogP contribution in [0.1, 0.15) is 48.1 Å². The van der Waals surface area contributed by atoms with Crippen LogP contribution in [0.15, 0.2) is 41.2 Å². The molecular formula is C31H28F5N3O5. The third-order valence-electron chi connectivity index (χ3n) is 6.86. The van der Waals surface area contributed by atoms with Crippen molar-refractivity contribution in [3.63, 3.8) is 0 Å². The van der Waals surface area contributed by atoms with Gasteiger partial charge in [-0.3, -0.25) is 14.2 Å². The zero-order valence-electron chi connectivity index (χ0n) is 24.7. The highest BCUT2D eigenvalue weighted by Crippen LogP contribution is 2.30. The van der Waals surface area contributed by atoms with Crippen LogP contribution >= 0.6 is 0 Å². The number of rotatable bonds is 7. The van der Waals surface area contributed by atoms with Gasteiger partial charge in [0.25, 0.3) is 5.56 Å². The van der Waals surface area contributed by atoms with Crippen LogP contribution in [0.2, 0.25) is 0 Å². The summed E-state index contributed by atoms with van der Waals surface area (Å²) < 4.78 is 79.1. The molecule has 1 aromatic heterocycles. The molecule has 0 aliphatic heterocycles. The predicted molar refractivity (Wildman–Crippen MR) is 151 cm³/mol. The van der Waals surface area contributed by atoms with Crippen LogP contribution in [0.5, 0.6) is 5.75 Å². The number of benzene rings is 3. The Hall–Kier alpha value is -4.81. The summed E-state index contributed by atoms with van der Waals surface area (Å²) in [4.78, 5) is 44.3. The first kappa shape index (κ1) is 32.1. The normalized spacial score (nSPS) is 11.5. The van der Waals surface area contributed by atoms with E-state index in [1.54, 1.807) is 51.8 Å². The topological polar surface area (TPSA) is 90.7 Å². The Morgan fingerprint density at radius 1 is 0.909 bits per heavy atom. The smallest absolute Gasteiger partial charge is 0.343 e. The molecule has 3 aromatic carbocycles. The van der Waals surface area contributed by atoms with Crippen LogP contribution in [-0.4, -0.2) is 28.5 Å². The highest BCUT2D eigenvalue weighted by atomic mass is 19.2. The molecule has 0 saturated carbocycles. The van der Waals surface area contributed by atoms with Gasteiger partial charge in [-0.15, -0.1) is 0 Å². The first-order valence-electron chi connectivity index (χ1n) is 13.2. The quantitative estimate of drug-likeness (QED) is 0.0813. The van der Waals surface area contributed by atoms with Gasteiger partial charge in [-0.1, -0.05) is 0 Å². The molecule has 0 aliphatic carbocycles. The lowest BCUT2D eigenvalue weighted by atomic mass is 9.98. The second-order valence-electron chi connectivity index (χ2n) is 11.2. The monoisotopic (exact) mass is 617 g/mol. The van der Waals surface area contributed by atoms with E-state index in [2.05, 4.69) is 9.72 Å². The first-order chi connectivity index (χ1) is 20.5. The number of hydrogen-bond acceptors (Lipinski definition) is 7. The van der Waals surface area contributed by atoms with Crippen LogP contribution in [0.4, 0.5) is 27.6 Å². The van der Waals surface area contributed by atoms with E-state index >= 15 is 0 Å². The zero-order valence-corrected chi connectivity index (χ0v) is 24.7. The van der Waals surface area contributed by atoms with E-state index in [-0.39, 0.29) is 17.9 Å². The number of anilines is 1. The Bertz CT molecular complexity index is 1820. The van der Waals surface area contributed by atoms with E-state index in [0.29, 0.717) is 29.0 Å². The molecule has 0 N–H and O–H groups in total. The molecule has 8 nitrogen and oxygen atoms in total. The standard InChI is InChI=1S/C31H28F5N3O5/c1-15-11-21-20(28(40)39(16(2)37-21)14-43-30(42)31(3,4)5)12-18(15)13-38(6)19-9-7-17(8-10-19)29(41)44-27-25(35)23(33)22(32)24(34)26(27)36/h7-12H,13-14H2,1-6H3. The van der Waals surface area contributed by atoms with Crippen molar-refractivity contribution in [2.24, 2.45) is 5.41 Å². The van der Waals surface area contributed by atoms with Gasteiger partial charge in [-0.2, -0.15) is 8.78 Å². The maximum absolute atomic E-state index is 13.9. The second kappa shape index (κ2) is 12.1. The molecule has 0 atom stereocenters. The Morgan fingerprint density at radius 3 is 2.05 bits per heavy atom. The molecule has 0 radical (unpaired) electrons. The van der Waals surface area contributed by atoms with Crippen molar-refractivity contribution in [2.75, 3.05) is 11.9 Å². The molecule has 0 spiro atoms. The number of aromatic nitrogens is 2. The molecule has 0 aliphatic rings. The molecule has 0 unspecified atom stereocenters. The minimum absolute atomic E-state index is 0.206. The molecule has 0 fully saturated rings. The molecule has 4 rings (SSSR count). The van der Waals surface area contributed by atoms with E-state index < -0.39 is 52.2 Å². The lowest BCUT2D eigenvalue weighted by molar-refractivity contribution is -0.157. The van der Waals surface area contributed by atoms with Gasteiger partial charge >= 0.3 is 11.9 Å². The third kappa shape index (κ3) is 6.26. The van der Waals surface area contributed by atoms with Gasteiger partial charge < -0.3 is 14.4 Å². The fourth-order valence-electron chi connectivity index (χ4n) is 4.22. The van der Waals surface area contributed by atoms with Gasteiger partial charge in [-0.25, -0.2) is 22.9 Å². The Morgan fingerprint density at radius 2 is 1.48 bits per heavy atom. The number of esters is 2. The van der Waals surface area contributed by atoms with Gasteiger partial charge in [0.1, 0.15) is 5.82 Å². The van der Waals surface area contributed by atoms with Gasteiger partial charge in [0.2, 0.25) is 34.8 Å². The van der Waals surface area contributed by atoms with Gasteiger partial charge in [0.15, 0.2) is 6.73 Å². The highest BCUT2D eigenvalue weighted by Gasteiger charge is 2.29. The van der Waals surface area contributed by atoms with Crippen LogP contribution in [0, 0.1) is 48.3 Å². The highest BCUT2D eigenvalue weighted by molar-refractivity contribution is 5.91. The summed E-state index contributed by atoms with van der Waals surface area (Å²) >= 11 is 0. The average molecular weight is 618 g/mol. The Labute approximate surface area is 248 Å².